The molecule has 0 aliphatic carbocycles. The average Bonchev–Trinajstić information content (AvgIpc) is 2.60. The van der Waals surface area contributed by atoms with Crippen LogP contribution in [-0.2, 0) is 6.40 Å². The molecule has 2 rings (SSSR count). The highest BCUT2D eigenvalue weighted by molar-refractivity contribution is 5.37. The van der Waals surface area contributed by atoms with E-state index in [1.165, 1.54) is 24.3 Å². The number of nitrogens with one attached hydrogen (secondary N) is 1. The Kier molecular flexibility index (Phi) is 3.16. The standard InChI is InChI=1S/C17H21NO4/c1-11(6-12-2-4-14(19)5-3-12)18-10-17(22)13-7-15(20)9-16(21)8-13/h2-5,7-9,11,17-22H,6,10H2,1H3/i6D,10D2,11D,17D/hD. The van der Waals surface area contributed by atoms with E-state index in [1.54, 1.807) is 0 Å². The molecule has 0 bridgehead atoms. The molecule has 0 aliphatic heterocycles. The van der Waals surface area contributed by atoms with Crippen molar-refractivity contribution in [3.05, 3.63) is 53.6 Å². The lowest BCUT2D eigenvalue weighted by Crippen LogP contribution is -2.32. The lowest BCUT2D eigenvalue weighted by molar-refractivity contribution is 0.170. The normalized spacial score (nSPS) is 22.9. The van der Waals surface area contributed by atoms with Gasteiger partial charge in [0.1, 0.15) is 18.7 Å². The van der Waals surface area contributed by atoms with Crippen LogP contribution in [0, 0.1) is 0 Å². The van der Waals surface area contributed by atoms with Crippen molar-refractivity contribution < 1.29 is 28.7 Å². The molecule has 0 radical (unpaired) electrons. The molecule has 5 heteroatoms. The number of phenolic OH excluding ortho intramolecular Hbond substituents is 3. The molecule has 2 aromatic carbocycles. The maximum Gasteiger partial charge on any atom is 0.123 e. The van der Waals surface area contributed by atoms with E-state index in [9.17, 15) is 20.4 Å². The minimum atomic E-state index is -3.22. The molecule has 5 nitrogen and oxygen atoms in total. The summed E-state index contributed by atoms with van der Waals surface area (Å²) >= 11 is 0. The van der Waals surface area contributed by atoms with Crippen molar-refractivity contribution in [3.63, 3.8) is 0 Å². The zero-order valence-corrected chi connectivity index (χ0v) is 11.9. The van der Waals surface area contributed by atoms with Gasteiger partial charge in [-0.2, -0.15) is 0 Å². The van der Waals surface area contributed by atoms with Crippen molar-refractivity contribution in [3.8, 4) is 17.2 Å². The number of aliphatic hydroxyl groups is 1. The van der Waals surface area contributed by atoms with Crippen LogP contribution in [0.2, 0.25) is 1.41 Å². The van der Waals surface area contributed by atoms with Crippen LogP contribution in [0.5, 0.6) is 17.2 Å². The second kappa shape index (κ2) is 7.15. The second-order valence-electron chi connectivity index (χ2n) is 4.69. The van der Waals surface area contributed by atoms with E-state index in [0.29, 0.717) is 0 Å². The third kappa shape index (κ3) is 4.65. The first kappa shape index (κ1) is 9.71. The van der Waals surface area contributed by atoms with Gasteiger partial charge in [-0.3, -0.25) is 0 Å². The first-order valence-electron chi connectivity index (χ1n) is 9.50. The van der Waals surface area contributed by atoms with Crippen LogP contribution >= 0.6 is 0 Å². The first-order valence-corrected chi connectivity index (χ1v) is 6.47. The lowest BCUT2D eigenvalue weighted by Gasteiger charge is -2.18. The summed E-state index contributed by atoms with van der Waals surface area (Å²) in [5.41, 5.74) is -0.318. The fraction of sp³-hybridized carbons (Fsp3) is 0.294. The number of aromatic hydroxyl groups is 3. The summed E-state index contributed by atoms with van der Waals surface area (Å²) in [7, 11) is 0. The highest BCUT2D eigenvalue weighted by atomic mass is 16.3. The SMILES string of the molecule is [2H]C(c1ccc(O)cc1)C([2H])(C)N([2H])C([2H])([2H])C([2H])(O)c1cc(O)cc(O)c1. The Morgan fingerprint density at radius 3 is 2.27 bits per heavy atom. The van der Waals surface area contributed by atoms with E-state index < -0.39 is 42.1 Å². The highest BCUT2D eigenvalue weighted by Gasteiger charge is 2.12. The second-order valence-corrected chi connectivity index (χ2v) is 4.69. The molecule has 0 aromatic heterocycles. The van der Waals surface area contributed by atoms with Crippen LogP contribution in [0.3, 0.4) is 0 Å². The third-order valence-corrected chi connectivity index (χ3v) is 2.78. The van der Waals surface area contributed by atoms with E-state index >= 15 is 0 Å². The molecule has 0 aliphatic rings. The lowest BCUT2D eigenvalue weighted by atomic mass is 10.1. The largest absolute Gasteiger partial charge is 0.508 e. The van der Waals surface area contributed by atoms with Gasteiger partial charge < -0.3 is 25.7 Å². The molecule has 22 heavy (non-hydrogen) atoms. The van der Waals surface area contributed by atoms with Crippen molar-refractivity contribution in [1.29, 1.82) is 0 Å². The molecule has 2 aromatic rings. The van der Waals surface area contributed by atoms with Gasteiger partial charge in [0.05, 0.1) is 7.45 Å². The maximum absolute atomic E-state index is 10.5. The van der Waals surface area contributed by atoms with Gasteiger partial charge in [0.25, 0.3) is 0 Å². The zero-order valence-electron chi connectivity index (χ0n) is 17.9. The van der Waals surface area contributed by atoms with Gasteiger partial charge >= 0.3 is 0 Å². The number of rotatable bonds is 6. The molecule has 0 heterocycles. The summed E-state index contributed by atoms with van der Waals surface area (Å²) in [6, 6.07) is 5.64. The number of phenols is 3. The van der Waals surface area contributed by atoms with Crippen LogP contribution in [0.15, 0.2) is 42.5 Å². The predicted molar refractivity (Wildman–Crippen MR) is 84.0 cm³/mol. The molecule has 0 spiro atoms. The van der Waals surface area contributed by atoms with Gasteiger partial charge in [0.2, 0.25) is 0 Å². The smallest absolute Gasteiger partial charge is 0.123 e. The summed E-state index contributed by atoms with van der Waals surface area (Å²) in [5.74, 6) is -1.11. The van der Waals surface area contributed by atoms with E-state index in [1.807, 2.05) is 0 Å². The van der Waals surface area contributed by atoms with Crippen LogP contribution < -0.4 is 5.31 Å². The van der Waals surface area contributed by atoms with Gasteiger partial charge in [0.15, 0.2) is 0 Å². The van der Waals surface area contributed by atoms with Gasteiger partial charge in [-0.1, -0.05) is 12.1 Å². The fourth-order valence-electron chi connectivity index (χ4n) is 1.78. The van der Waals surface area contributed by atoms with Crippen molar-refractivity contribution in [2.75, 3.05) is 6.50 Å². The maximum atomic E-state index is 10.5. The van der Waals surface area contributed by atoms with E-state index in [0.717, 1.165) is 25.1 Å². The Hall–Kier alpha value is -2.24. The van der Waals surface area contributed by atoms with Gasteiger partial charge in [0, 0.05) is 24.1 Å². The summed E-state index contributed by atoms with van der Waals surface area (Å²) in [6.07, 6.45) is -4.66. The number of hydrogen-bond acceptors (Lipinski definition) is 5. The summed E-state index contributed by atoms with van der Waals surface area (Å²) in [5, 5.41) is 39.0. The van der Waals surface area contributed by atoms with E-state index in [-0.39, 0.29) is 16.6 Å². The van der Waals surface area contributed by atoms with E-state index in [2.05, 4.69) is 0 Å². The average molecular weight is 309 g/mol. The first-order chi connectivity index (χ1) is 12.7. The monoisotopic (exact) mass is 309 g/mol. The zero-order chi connectivity index (χ0) is 21.5. The summed E-state index contributed by atoms with van der Waals surface area (Å²) < 4.78 is 49.0. The van der Waals surface area contributed by atoms with Crippen LogP contribution in [-0.4, -0.2) is 32.9 Å². The Morgan fingerprint density at radius 2 is 1.68 bits per heavy atom. The molecule has 3 unspecified atom stereocenters. The minimum absolute atomic E-state index is 0.00137. The van der Waals surface area contributed by atoms with Gasteiger partial charge in [-0.25, -0.2) is 0 Å². The number of hydrogen-bond donors (Lipinski definition) is 5. The van der Waals surface area contributed by atoms with E-state index in [4.69, 9.17) is 8.27 Å². The topological polar surface area (TPSA) is 93.0 Å². The third-order valence-electron chi connectivity index (χ3n) is 2.78. The molecule has 5 N–H and O–H groups in total. The van der Waals surface area contributed by atoms with Crippen LogP contribution in [0.1, 0.15) is 31.0 Å². The predicted octanol–water partition coefficient (Wildman–Crippen LogP) is 2.06. The quantitative estimate of drug-likeness (QED) is 0.563. The summed E-state index contributed by atoms with van der Waals surface area (Å²) in [6.45, 7) is -2.14. The fourth-order valence-corrected chi connectivity index (χ4v) is 1.78. The Morgan fingerprint density at radius 1 is 1.09 bits per heavy atom. The highest BCUT2D eigenvalue weighted by Crippen LogP contribution is 2.24. The molecule has 0 fully saturated rings. The Labute approximate surface area is 138 Å². The Bertz CT molecular complexity index is 824. The van der Waals surface area contributed by atoms with Crippen molar-refractivity contribution in [2.45, 2.75) is 25.4 Å². The number of benzene rings is 2. The van der Waals surface area contributed by atoms with Gasteiger partial charge in [-0.05, 0) is 48.7 Å². The molecular weight excluding hydrogens is 282 g/mol. The molecule has 0 amide bonds. The minimum Gasteiger partial charge on any atom is -0.508 e. The molecule has 118 valence electrons. The molecule has 3 atom stereocenters. The van der Waals surface area contributed by atoms with Crippen molar-refractivity contribution in [1.82, 2.24) is 5.31 Å². The molecule has 0 saturated heterocycles. The van der Waals surface area contributed by atoms with Crippen molar-refractivity contribution >= 4 is 0 Å². The van der Waals surface area contributed by atoms with Crippen LogP contribution in [0.25, 0.3) is 0 Å². The summed E-state index contributed by atoms with van der Waals surface area (Å²) in [4.78, 5) is 0. The Balaban J connectivity index is 2.42. The van der Waals surface area contributed by atoms with Crippen LogP contribution in [0.4, 0.5) is 0 Å². The molecule has 0 saturated carbocycles. The van der Waals surface area contributed by atoms with Crippen molar-refractivity contribution in [2.24, 2.45) is 0 Å². The van der Waals surface area contributed by atoms with Gasteiger partial charge in [-0.15, -0.1) is 0 Å². The molecular formula is C17H21NO4.